The van der Waals surface area contributed by atoms with Crippen molar-refractivity contribution < 1.29 is 14.3 Å². The predicted molar refractivity (Wildman–Crippen MR) is 126 cm³/mol. The van der Waals surface area contributed by atoms with Gasteiger partial charge in [-0.1, -0.05) is 54.4 Å². The molecule has 1 N–H and O–H groups in total. The van der Waals surface area contributed by atoms with Gasteiger partial charge < -0.3 is 10.1 Å². The second kappa shape index (κ2) is 9.86. The summed E-state index contributed by atoms with van der Waals surface area (Å²) in [4.78, 5) is 32.7. The molecule has 2 aromatic carbocycles. The summed E-state index contributed by atoms with van der Waals surface area (Å²) in [5.41, 5.74) is 3.39. The second-order valence-corrected chi connectivity index (χ2v) is 8.47. The zero-order chi connectivity index (χ0) is 22.7. The fourth-order valence-electron chi connectivity index (χ4n) is 3.98. The Morgan fingerprint density at radius 3 is 2.78 bits per heavy atom. The number of para-hydroxylation sites is 1. The van der Waals surface area contributed by atoms with Crippen LogP contribution in [0.15, 0.2) is 42.5 Å². The highest BCUT2D eigenvalue weighted by molar-refractivity contribution is 6.44. The number of carbonyl (C=O) groups excluding carboxylic acids is 2. The molecule has 2 heterocycles. The van der Waals surface area contributed by atoms with E-state index in [2.05, 4.69) is 17.1 Å². The van der Waals surface area contributed by atoms with Crippen LogP contribution in [0, 0.1) is 0 Å². The Hall–Kier alpha value is -2.67. The van der Waals surface area contributed by atoms with E-state index >= 15 is 0 Å². The van der Waals surface area contributed by atoms with Gasteiger partial charge in [0.1, 0.15) is 0 Å². The van der Waals surface area contributed by atoms with Crippen LogP contribution in [0.25, 0.3) is 10.9 Å². The number of esters is 1. The summed E-state index contributed by atoms with van der Waals surface area (Å²) in [6.45, 7) is 4.18. The van der Waals surface area contributed by atoms with Gasteiger partial charge in [0.25, 0.3) is 5.91 Å². The highest BCUT2D eigenvalue weighted by Gasteiger charge is 2.26. The number of ether oxygens (including phenoxy) is 1. The molecule has 1 aliphatic rings. The highest BCUT2D eigenvalue weighted by atomic mass is 35.5. The molecule has 1 aromatic heterocycles. The minimum Gasteiger partial charge on any atom is -0.452 e. The lowest BCUT2D eigenvalue weighted by atomic mass is 9.95. The average Bonchev–Trinajstić information content (AvgIpc) is 2.79. The predicted octanol–water partition coefficient (Wildman–Crippen LogP) is 5.11. The lowest BCUT2D eigenvalue weighted by Gasteiger charge is -2.29. The maximum atomic E-state index is 13.2. The third kappa shape index (κ3) is 4.72. The molecule has 32 heavy (non-hydrogen) atoms. The number of pyridine rings is 1. The molecule has 0 spiro atoms. The summed E-state index contributed by atoms with van der Waals surface area (Å²) in [6.07, 6.45) is 1.80. The number of rotatable bonds is 6. The molecule has 0 aliphatic carbocycles. The Bertz CT molecular complexity index is 1180. The smallest absolute Gasteiger partial charge is 0.339 e. The number of benzene rings is 2. The van der Waals surface area contributed by atoms with Gasteiger partial charge in [0.2, 0.25) is 0 Å². The Kier molecular flexibility index (Phi) is 6.94. The van der Waals surface area contributed by atoms with Gasteiger partial charge in [-0.2, -0.15) is 0 Å². The molecule has 0 fully saturated rings. The van der Waals surface area contributed by atoms with Gasteiger partial charge in [-0.15, -0.1) is 0 Å². The van der Waals surface area contributed by atoms with Gasteiger partial charge >= 0.3 is 5.97 Å². The first kappa shape index (κ1) is 22.5. The molecular formula is C24H23Cl2N3O3. The molecule has 0 unspecified atom stereocenters. The van der Waals surface area contributed by atoms with Crippen LogP contribution in [-0.4, -0.2) is 41.5 Å². The van der Waals surface area contributed by atoms with Crippen LogP contribution in [-0.2, 0) is 22.5 Å². The van der Waals surface area contributed by atoms with Crippen LogP contribution in [0.5, 0.6) is 0 Å². The number of aromatic nitrogens is 1. The Balaban J connectivity index is 1.57. The van der Waals surface area contributed by atoms with Gasteiger partial charge in [0.15, 0.2) is 6.61 Å². The lowest BCUT2D eigenvalue weighted by molar-refractivity contribution is -0.119. The van der Waals surface area contributed by atoms with Crippen molar-refractivity contribution in [2.24, 2.45) is 0 Å². The molecule has 0 atom stereocenters. The number of hydrogen-bond acceptors (Lipinski definition) is 5. The average molecular weight is 472 g/mol. The zero-order valence-electron chi connectivity index (χ0n) is 17.7. The van der Waals surface area contributed by atoms with Gasteiger partial charge in [0.05, 0.1) is 26.8 Å². The quantitative estimate of drug-likeness (QED) is 0.506. The van der Waals surface area contributed by atoms with Crippen molar-refractivity contribution in [1.29, 1.82) is 0 Å². The molecule has 0 saturated heterocycles. The maximum Gasteiger partial charge on any atom is 0.339 e. The number of anilines is 1. The highest BCUT2D eigenvalue weighted by Crippen LogP contribution is 2.30. The summed E-state index contributed by atoms with van der Waals surface area (Å²) >= 11 is 12.1. The largest absolute Gasteiger partial charge is 0.452 e. The van der Waals surface area contributed by atoms with Crippen LogP contribution in [0.2, 0.25) is 10.0 Å². The Labute approximate surface area is 196 Å². The van der Waals surface area contributed by atoms with E-state index in [9.17, 15) is 9.59 Å². The third-order valence-electron chi connectivity index (χ3n) is 5.43. The Morgan fingerprint density at radius 2 is 1.97 bits per heavy atom. The number of nitrogens with one attached hydrogen (secondary N) is 1. The monoisotopic (exact) mass is 471 g/mol. The van der Waals surface area contributed by atoms with Crippen LogP contribution < -0.4 is 5.32 Å². The molecule has 0 saturated carbocycles. The number of nitrogens with zero attached hydrogens (tertiary/aromatic N) is 2. The first-order valence-corrected chi connectivity index (χ1v) is 11.3. The lowest BCUT2D eigenvalue weighted by Crippen LogP contribution is -2.33. The minimum absolute atomic E-state index is 0.235. The van der Waals surface area contributed by atoms with E-state index in [4.69, 9.17) is 32.9 Å². The molecule has 1 aliphatic heterocycles. The number of fused-ring (bicyclic) bond motifs is 2. The summed E-state index contributed by atoms with van der Waals surface area (Å²) in [5.74, 6) is -1.03. The van der Waals surface area contributed by atoms with E-state index in [0.29, 0.717) is 22.8 Å². The van der Waals surface area contributed by atoms with Gasteiger partial charge in [-0.25, -0.2) is 4.79 Å². The molecule has 0 bridgehead atoms. The molecule has 6 nitrogen and oxygen atoms in total. The van der Waals surface area contributed by atoms with Crippen molar-refractivity contribution in [2.45, 2.75) is 26.3 Å². The van der Waals surface area contributed by atoms with Crippen LogP contribution in [0.3, 0.4) is 0 Å². The first-order valence-electron chi connectivity index (χ1n) is 10.5. The van der Waals surface area contributed by atoms with Crippen molar-refractivity contribution in [2.75, 3.05) is 25.0 Å². The fraction of sp³-hybridized carbons (Fsp3) is 0.292. The van der Waals surface area contributed by atoms with Gasteiger partial charge in [-0.05, 0) is 31.2 Å². The van der Waals surface area contributed by atoms with Crippen LogP contribution >= 0.6 is 23.2 Å². The minimum atomic E-state index is -0.537. The van der Waals surface area contributed by atoms with E-state index in [-0.39, 0.29) is 5.02 Å². The molecule has 1 amide bonds. The molecule has 166 valence electrons. The zero-order valence-corrected chi connectivity index (χ0v) is 19.2. The van der Waals surface area contributed by atoms with Crippen molar-refractivity contribution in [3.63, 3.8) is 0 Å². The number of carbonyl (C=O) groups is 2. The number of amides is 1. The summed E-state index contributed by atoms with van der Waals surface area (Å²) in [5, 5.41) is 3.92. The van der Waals surface area contributed by atoms with Crippen molar-refractivity contribution in [3.8, 4) is 0 Å². The third-order valence-corrected chi connectivity index (χ3v) is 6.25. The molecular weight excluding hydrogens is 449 g/mol. The van der Waals surface area contributed by atoms with Crippen molar-refractivity contribution in [3.05, 3.63) is 69.3 Å². The van der Waals surface area contributed by atoms with Crippen molar-refractivity contribution >= 4 is 51.7 Å². The maximum absolute atomic E-state index is 13.2. The van der Waals surface area contributed by atoms with Crippen molar-refractivity contribution in [1.82, 2.24) is 9.88 Å². The fourth-order valence-corrected chi connectivity index (χ4v) is 4.32. The summed E-state index contributed by atoms with van der Waals surface area (Å²) in [7, 11) is 0. The summed E-state index contributed by atoms with van der Waals surface area (Å²) in [6, 6.07) is 12.4. The SMILES string of the molecule is CCCN1CCc2nc3ccccc3c(C(=O)OCC(=O)Nc3cccc(Cl)c3Cl)c2C1. The number of hydrogen-bond donors (Lipinski definition) is 1. The topological polar surface area (TPSA) is 71.5 Å². The van der Waals surface area contributed by atoms with Gasteiger partial charge in [0, 0.05) is 36.2 Å². The Morgan fingerprint density at radius 1 is 1.16 bits per heavy atom. The standard InChI is InChI=1S/C24H23Cl2N3O3/c1-2-11-29-12-10-19-16(13-29)22(15-6-3-4-8-18(15)27-19)24(31)32-14-21(30)28-20-9-5-7-17(25)23(20)26/h3-9H,2,10-14H2,1H3,(H,28,30). The van der Waals surface area contributed by atoms with E-state index in [1.54, 1.807) is 18.2 Å². The normalized spacial score (nSPS) is 13.6. The first-order chi connectivity index (χ1) is 15.5. The molecule has 8 heteroatoms. The van der Waals surface area contributed by atoms with E-state index < -0.39 is 18.5 Å². The van der Waals surface area contributed by atoms with Gasteiger partial charge in [-0.3, -0.25) is 14.7 Å². The van der Waals surface area contributed by atoms with E-state index in [1.807, 2.05) is 24.3 Å². The molecule has 4 rings (SSSR count). The summed E-state index contributed by atoms with van der Waals surface area (Å²) < 4.78 is 5.43. The van der Waals surface area contributed by atoms with Crippen LogP contribution in [0.4, 0.5) is 5.69 Å². The second-order valence-electron chi connectivity index (χ2n) is 7.68. The number of halogens is 2. The van der Waals surface area contributed by atoms with Crippen LogP contribution in [0.1, 0.15) is 35.0 Å². The molecule has 0 radical (unpaired) electrons. The molecule has 3 aromatic rings. The van der Waals surface area contributed by atoms with E-state index in [0.717, 1.165) is 48.1 Å². The van der Waals surface area contributed by atoms with E-state index in [1.165, 1.54) is 0 Å².